The fourth-order valence-electron chi connectivity index (χ4n) is 5.91. The Morgan fingerprint density at radius 3 is 2.00 bits per heavy atom. The normalized spacial score (nSPS) is 24.1. The Labute approximate surface area is 303 Å². The largest absolute Gasteiger partial charge is 0.497 e. The molecular weight excluding hydrogens is 672 g/mol. The average molecular weight is 719 g/mol. The summed E-state index contributed by atoms with van der Waals surface area (Å²) in [5, 5.41) is 21.4. The topological polar surface area (TPSA) is 133 Å². The molecule has 12 nitrogen and oxygen atoms in total. The smallest absolute Gasteiger partial charge is 0.187 e. The Bertz CT molecular complexity index is 1590. The Balaban J connectivity index is 1.19. The van der Waals surface area contributed by atoms with Crippen LogP contribution < -0.4 is 9.47 Å². The van der Waals surface area contributed by atoms with Crippen molar-refractivity contribution in [1.82, 2.24) is 0 Å². The number of rotatable bonds is 18. The quantitative estimate of drug-likeness (QED) is 0.133. The van der Waals surface area contributed by atoms with Gasteiger partial charge in [-0.1, -0.05) is 84.9 Å². The molecule has 0 amide bonds. The first-order chi connectivity index (χ1) is 25.5. The van der Waals surface area contributed by atoms with Crippen LogP contribution in [0.25, 0.3) is 0 Å². The molecule has 0 spiro atoms. The highest BCUT2D eigenvalue weighted by atomic mass is 16.8. The molecule has 0 aliphatic carbocycles. The summed E-state index contributed by atoms with van der Waals surface area (Å²) in [5.41, 5.74) is 3.29. The van der Waals surface area contributed by atoms with Crippen LogP contribution >= 0.6 is 0 Å². The van der Waals surface area contributed by atoms with E-state index in [9.17, 15) is 10.2 Å². The molecule has 278 valence electrons. The minimum absolute atomic E-state index is 0.0247. The number of benzene rings is 4. The molecule has 2 N–H and O–H groups in total. The zero-order chi connectivity index (χ0) is 36.1. The van der Waals surface area contributed by atoms with Gasteiger partial charge in [0.05, 0.1) is 47.3 Å². The van der Waals surface area contributed by atoms with Crippen molar-refractivity contribution in [3.05, 3.63) is 131 Å². The van der Waals surface area contributed by atoms with Crippen LogP contribution in [-0.4, -0.2) is 87.9 Å². The summed E-state index contributed by atoms with van der Waals surface area (Å²) in [7, 11) is 3.19. The van der Waals surface area contributed by atoms with Gasteiger partial charge in [0.2, 0.25) is 0 Å². The van der Waals surface area contributed by atoms with Crippen molar-refractivity contribution in [1.29, 1.82) is 0 Å². The lowest BCUT2D eigenvalue weighted by molar-refractivity contribution is -0.374. The Hall–Kier alpha value is -3.92. The van der Waals surface area contributed by atoms with Crippen LogP contribution in [0.1, 0.15) is 34.8 Å². The van der Waals surface area contributed by atoms with Crippen LogP contribution in [0.15, 0.2) is 109 Å². The van der Waals surface area contributed by atoms with Gasteiger partial charge in [-0.2, -0.15) is 0 Å². The molecule has 0 aromatic heterocycles. The summed E-state index contributed by atoms with van der Waals surface area (Å²) < 4.78 is 60.5. The van der Waals surface area contributed by atoms with Crippen LogP contribution in [0.3, 0.4) is 0 Å². The molecule has 2 aliphatic heterocycles. The molecule has 0 radical (unpaired) electrons. The lowest BCUT2D eigenvalue weighted by atomic mass is 9.97. The number of ether oxygens (including phenoxy) is 10. The SMILES string of the molecule is COc1ccc(C(OCCO)OC(CO[C@H]2OC3COC(c4ccc(OC)cc4)O[C@H]3C(O)C2OCc2ccccc2)OCc2ccccc2)cc1. The highest BCUT2D eigenvalue weighted by molar-refractivity contribution is 5.29. The van der Waals surface area contributed by atoms with Crippen molar-refractivity contribution >= 4 is 0 Å². The van der Waals surface area contributed by atoms with E-state index in [-0.39, 0.29) is 39.6 Å². The molecule has 2 aliphatic rings. The van der Waals surface area contributed by atoms with Crippen LogP contribution in [0.2, 0.25) is 0 Å². The lowest BCUT2D eigenvalue weighted by Crippen LogP contribution is -2.63. The van der Waals surface area contributed by atoms with Crippen molar-refractivity contribution < 1.29 is 57.6 Å². The summed E-state index contributed by atoms with van der Waals surface area (Å²) in [5.74, 6) is 1.38. The maximum Gasteiger partial charge on any atom is 0.187 e. The lowest BCUT2D eigenvalue weighted by Gasteiger charge is -2.47. The molecule has 0 bridgehead atoms. The van der Waals surface area contributed by atoms with E-state index in [0.29, 0.717) is 17.1 Å². The first-order valence-electron chi connectivity index (χ1n) is 17.2. The van der Waals surface area contributed by atoms with Gasteiger partial charge in [-0.05, 0) is 35.4 Å². The summed E-state index contributed by atoms with van der Waals surface area (Å²) in [6.07, 6.45) is -7.17. The number of aliphatic hydroxyl groups is 2. The molecule has 2 saturated heterocycles. The van der Waals surface area contributed by atoms with Gasteiger partial charge in [-0.25, -0.2) is 0 Å². The van der Waals surface area contributed by atoms with Crippen molar-refractivity contribution in [3.8, 4) is 11.5 Å². The second-order valence-electron chi connectivity index (χ2n) is 12.2. The standard InChI is InChI=1S/C40H46O12/c1-43-31-17-13-29(14-18-31)38(45-22-21-41)51-34(46-23-27-9-5-3-6-10-27)26-49-40-37(47-24-28-11-7-4-8-12-28)35(42)36-33(50-40)25-48-39(52-36)30-15-19-32(44-2)20-16-30/h3-20,33-42H,21-26H2,1-2H3/t33?,34?,35?,36-,37?,38?,39?,40+/m1/s1. The van der Waals surface area contributed by atoms with Gasteiger partial charge in [0, 0.05) is 11.1 Å². The predicted octanol–water partition coefficient (Wildman–Crippen LogP) is 5.07. The fourth-order valence-corrected chi connectivity index (χ4v) is 5.91. The van der Waals surface area contributed by atoms with E-state index in [1.54, 1.807) is 26.4 Å². The monoisotopic (exact) mass is 718 g/mol. The zero-order valence-corrected chi connectivity index (χ0v) is 29.2. The van der Waals surface area contributed by atoms with Gasteiger partial charge in [0.1, 0.15) is 42.5 Å². The van der Waals surface area contributed by atoms with Crippen molar-refractivity contribution in [3.63, 3.8) is 0 Å². The van der Waals surface area contributed by atoms with E-state index in [1.165, 1.54) is 0 Å². The van der Waals surface area contributed by atoms with Crippen molar-refractivity contribution in [2.24, 2.45) is 0 Å². The van der Waals surface area contributed by atoms with Crippen molar-refractivity contribution in [2.45, 2.75) is 62.8 Å². The fraction of sp³-hybridized carbons (Fsp3) is 0.400. The Morgan fingerprint density at radius 2 is 1.37 bits per heavy atom. The molecule has 0 saturated carbocycles. The van der Waals surface area contributed by atoms with Gasteiger partial charge in [-0.3, -0.25) is 0 Å². The number of methoxy groups -OCH3 is 2. The molecule has 6 rings (SSSR count). The first-order valence-corrected chi connectivity index (χ1v) is 17.2. The first kappa shape index (κ1) is 37.8. The highest BCUT2D eigenvalue weighted by Gasteiger charge is 2.50. The summed E-state index contributed by atoms with van der Waals surface area (Å²) in [4.78, 5) is 0. The maximum absolute atomic E-state index is 11.8. The van der Waals surface area contributed by atoms with Gasteiger partial charge >= 0.3 is 0 Å². The van der Waals surface area contributed by atoms with Crippen LogP contribution in [0, 0.1) is 0 Å². The maximum atomic E-state index is 11.8. The zero-order valence-electron chi connectivity index (χ0n) is 29.2. The number of hydrogen-bond acceptors (Lipinski definition) is 12. The molecule has 4 aromatic rings. The van der Waals surface area contributed by atoms with E-state index in [2.05, 4.69) is 0 Å². The Kier molecular flexibility index (Phi) is 14.0. The minimum Gasteiger partial charge on any atom is -0.497 e. The third kappa shape index (κ3) is 10.1. The van der Waals surface area contributed by atoms with E-state index < -0.39 is 49.6 Å². The second-order valence-corrected chi connectivity index (χ2v) is 12.2. The van der Waals surface area contributed by atoms with Crippen LogP contribution in [0.4, 0.5) is 0 Å². The molecule has 2 fully saturated rings. The average Bonchev–Trinajstić information content (AvgIpc) is 3.20. The molecule has 6 unspecified atom stereocenters. The van der Waals surface area contributed by atoms with Gasteiger partial charge in [-0.15, -0.1) is 0 Å². The van der Waals surface area contributed by atoms with E-state index >= 15 is 0 Å². The number of aliphatic hydroxyl groups excluding tert-OH is 2. The van der Waals surface area contributed by atoms with E-state index in [0.717, 1.165) is 16.7 Å². The molecular formula is C40H46O12. The van der Waals surface area contributed by atoms with Crippen LogP contribution in [-0.2, 0) is 51.1 Å². The van der Waals surface area contributed by atoms with Crippen LogP contribution in [0.5, 0.6) is 11.5 Å². The molecule has 8 atom stereocenters. The summed E-state index contributed by atoms with van der Waals surface area (Å²) in [6.45, 7) is 0.242. The third-order valence-corrected chi connectivity index (χ3v) is 8.68. The Morgan fingerprint density at radius 1 is 0.731 bits per heavy atom. The van der Waals surface area contributed by atoms with Gasteiger partial charge < -0.3 is 57.6 Å². The highest BCUT2D eigenvalue weighted by Crippen LogP contribution is 2.36. The third-order valence-electron chi connectivity index (χ3n) is 8.68. The summed E-state index contributed by atoms with van der Waals surface area (Å²) in [6, 6.07) is 33.9. The van der Waals surface area contributed by atoms with Crippen molar-refractivity contribution in [2.75, 3.05) is 40.6 Å². The van der Waals surface area contributed by atoms with Gasteiger partial charge in [0.25, 0.3) is 0 Å². The number of hydrogen-bond donors (Lipinski definition) is 2. The molecule has 52 heavy (non-hydrogen) atoms. The predicted molar refractivity (Wildman–Crippen MR) is 187 cm³/mol. The number of fused-ring (bicyclic) bond motifs is 1. The molecule has 4 aromatic carbocycles. The van der Waals surface area contributed by atoms with Gasteiger partial charge in [0.15, 0.2) is 25.2 Å². The summed E-state index contributed by atoms with van der Waals surface area (Å²) >= 11 is 0. The second kappa shape index (κ2) is 19.2. The minimum atomic E-state index is -1.14. The molecule has 12 heteroatoms. The molecule has 2 heterocycles. The van der Waals surface area contributed by atoms with E-state index in [4.69, 9.17) is 47.4 Å². The van der Waals surface area contributed by atoms with E-state index in [1.807, 2.05) is 97.1 Å².